The van der Waals surface area contributed by atoms with Gasteiger partial charge in [0.15, 0.2) is 0 Å². The van der Waals surface area contributed by atoms with E-state index in [1.807, 2.05) is 0 Å². The van der Waals surface area contributed by atoms with Gasteiger partial charge >= 0.3 is 12.1 Å². The van der Waals surface area contributed by atoms with Crippen molar-refractivity contribution in [1.29, 1.82) is 0 Å². The summed E-state index contributed by atoms with van der Waals surface area (Å²) in [5.74, 6) is -1.80. The molecule has 170 valence electrons. The maximum Gasteiger partial charge on any atom is 0.410 e. The number of carbonyl (C=O) groups is 2. The molecule has 0 aromatic carbocycles. The zero-order valence-electron chi connectivity index (χ0n) is 19.0. The summed E-state index contributed by atoms with van der Waals surface area (Å²) in [7, 11) is -1.16. The maximum atomic E-state index is 12.5. The van der Waals surface area contributed by atoms with Gasteiger partial charge in [0, 0.05) is 33.7 Å². The number of aliphatic hydroxyl groups excluding tert-OH is 1. The van der Waals surface area contributed by atoms with Crippen LogP contribution in [-0.4, -0.2) is 81.6 Å². The fourth-order valence-corrected chi connectivity index (χ4v) is 3.68. The van der Waals surface area contributed by atoms with Crippen molar-refractivity contribution in [3.8, 4) is 0 Å². The maximum absolute atomic E-state index is 12.5. The number of nitrogens with zero attached hydrogens (tertiary/aromatic N) is 1. The molecule has 8 nitrogen and oxygen atoms in total. The van der Waals surface area contributed by atoms with Gasteiger partial charge in [-0.3, -0.25) is 4.79 Å². The topological polar surface area (TPSA) is 94.5 Å². The number of likely N-dealkylation sites (tertiary alicyclic amines) is 1. The van der Waals surface area contributed by atoms with Crippen molar-refractivity contribution in [2.24, 2.45) is 11.8 Å². The number of rotatable bonds is 9. The fraction of sp³-hybridized carbons (Fsp3) is 0.900. The molecule has 0 aliphatic carbocycles. The van der Waals surface area contributed by atoms with Crippen LogP contribution >= 0.6 is 0 Å². The van der Waals surface area contributed by atoms with Crippen LogP contribution in [-0.2, 0) is 23.7 Å². The van der Waals surface area contributed by atoms with Gasteiger partial charge in [0.25, 0.3) is 0 Å². The Morgan fingerprint density at radius 1 is 1.14 bits per heavy atom. The summed E-state index contributed by atoms with van der Waals surface area (Å²) in [6.45, 7) is 15.3. The van der Waals surface area contributed by atoms with E-state index in [1.54, 1.807) is 27.7 Å². The average molecular weight is 434 g/mol. The number of aliphatic hydroxyl groups is 1. The van der Waals surface area contributed by atoms with Gasteiger partial charge in [0.1, 0.15) is 18.3 Å². The molecule has 1 saturated heterocycles. The molecule has 1 aliphatic rings. The minimum Gasteiger partial charge on any atom is -0.466 e. The molecule has 0 bridgehead atoms. The third kappa shape index (κ3) is 9.93. The van der Waals surface area contributed by atoms with E-state index < -0.39 is 43.7 Å². The van der Waals surface area contributed by atoms with Crippen molar-refractivity contribution >= 4 is 20.1 Å². The molecular weight excluding hydrogens is 394 g/mol. The number of carbonyl (C=O) groups excluding carboxylic acids is 2. The highest BCUT2D eigenvalue weighted by Gasteiger charge is 2.43. The van der Waals surface area contributed by atoms with Crippen molar-refractivity contribution in [2.45, 2.75) is 65.1 Å². The molecule has 1 fully saturated rings. The predicted octanol–water partition coefficient (Wildman–Crippen LogP) is 2.72. The lowest BCUT2D eigenvalue weighted by Gasteiger charge is -2.40. The summed E-state index contributed by atoms with van der Waals surface area (Å²) >= 11 is 0. The number of esters is 1. The largest absolute Gasteiger partial charge is 0.466 e. The lowest BCUT2D eigenvalue weighted by atomic mass is 9.86. The Kier molecular flexibility index (Phi) is 10.1. The smallest absolute Gasteiger partial charge is 0.410 e. The van der Waals surface area contributed by atoms with Crippen LogP contribution in [0.3, 0.4) is 0 Å². The molecule has 0 unspecified atom stereocenters. The Hall–Kier alpha value is -1.16. The highest BCUT2D eigenvalue weighted by molar-refractivity contribution is 6.76. The Labute approximate surface area is 175 Å². The molecule has 1 amide bonds. The number of amides is 1. The Morgan fingerprint density at radius 3 is 2.34 bits per heavy atom. The molecule has 1 N–H and O–H groups in total. The SMILES string of the molecule is CCOC(=O)[C@@H]1CN(C(=O)OC(C)(C)C)C[C@H](COCOCC[Si](C)(C)C)[C@H]1O. The van der Waals surface area contributed by atoms with Gasteiger partial charge in [-0.2, -0.15) is 0 Å². The number of hydrogen-bond donors (Lipinski definition) is 1. The Bertz CT molecular complexity index is 530. The predicted molar refractivity (Wildman–Crippen MR) is 112 cm³/mol. The molecule has 9 heteroatoms. The average Bonchev–Trinajstić information content (AvgIpc) is 2.56. The summed E-state index contributed by atoms with van der Waals surface area (Å²) in [5, 5.41) is 10.7. The minimum absolute atomic E-state index is 0.0537. The zero-order chi connectivity index (χ0) is 22.2. The molecule has 3 atom stereocenters. The summed E-state index contributed by atoms with van der Waals surface area (Å²) in [4.78, 5) is 26.2. The number of piperidine rings is 1. The van der Waals surface area contributed by atoms with E-state index in [1.165, 1.54) is 4.90 Å². The van der Waals surface area contributed by atoms with E-state index in [4.69, 9.17) is 18.9 Å². The van der Waals surface area contributed by atoms with Crippen molar-refractivity contribution in [3.63, 3.8) is 0 Å². The zero-order valence-corrected chi connectivity index (χ0v) is 20.0. The lowest BCUT2D eigenvalue weighted by Crippen LogP contribution is -2.56. The van der Waals surface area contributed by atoms with E-state index >= 15 is 0 Å². The van der Waals surface area contributed by atoms with Gasteiger partial charge < -0.3 is 29.0 Å². The highest BCUT2D eigenvalue weighted by Crippen LogP contribution is 2.26. The molecule has 1 aliphatic heterocycles. The van der Waals surface area contributed by atoms with Crippen molar-refractivity contribution < 1.29 is 33.6 Å². The third-order valence-electron chi connectivity index (χ3n) is 4.50. The fourth-order valence-electron chi connectivity index (χ4n) is 2.93. The minimum atomic E-state index is -1.16. The third-order valence-corrected chi connectivity index (χ3v) is 6.21. The van der Waals surface area contributed by atoms with Crippen LogP contribution in [0.25, 0.3) is 0 Å². The molecule has 29 heavy (non-hydrogen) atoms. The quantitative estimate of drug-likeness (QED) is 0.258. The van der Waals surface area contributed by atoms with Gasteiger partial charge in [-0.1, -0.05) is 19.6 Å². The molecule has 0 saturated carbocycles. The van der Waals surface area contributed by atoms with Crippen LogP contribution in [0, 0.1) is 11.8 Å². The number of ether oxygens (including phenoxy) is 4. The second kappa shape index (κ2) is 11.3. The van der Waals surface area contributed by atoms with Crippen molar-refractivity contribution in [1.82, 2.24) is 4.90 Å². The van der Waals surface area contributed by atoms with E-state index in [2.05, 4.69) is 19.6 Å². The molecule has 1 rings (SSSR count). The van der Waals surface area contributed by atoms with Crippen LogP contribution in [0.5, 0.6) is 0 Å². The van der Waals surface area contributed by atoms with E-state index in [9.17, 15) is 14.7 Å². The monoisotopic (exact) mass is 433 g/mol. The highest BCUT2D eigenvalue weighted by atomic mass is 28.3. The van der Waals surface area contributed by atoms with E-state index in [0.29, 0.717) is 6.61 Å². The summed E-state index contributed by atoms with van der Waals surface area (Å²) < 4.78 is 21.6. The first-order chi connectivity index (χ1) is 13.3. The molecule has 1 heterocycles. The Balaban J connectivity index is 2.67. The molecule has 0 spiro atoms. The Morgan fingerprint density at radius 2 is 1.79 bits per heavy atom. The van der Waals surface area contributed by atoms with Crippen LogP contribution < -0.4 is 0 Å². The summed E-state index contributed by atoms with van der Waals surface area (Å²) in [6.07, 6.45) is -1.48. The molecule has 0 aromatic heterocycles. The van der Waals surface area contributed by atoms with E-state index in [0.717, 1.165) is 6.04 Å². The van der Waals surface area contributed by atoms with Crippen molar-refractivity contribution in [2.75, 3.05) is 39.7 Å². The first-order valence-corrected chi connectivity index (χ1v) is 14.0. The first kappa shape index (κ1) is 25.9. The van der Waals surface area contributed by atoms with Gasteiger partial charge in [0.05, 0.1) is 19.3 Å². The normalized spacial score (nSPS) is 23.0. The van der Waals surface area contributed by atoms with Crippen LogP contribution in [0.2, 0.25) is 25.7 Å². The first-order valence-electron chi connectivity index (χ1n) is 10.3. The van der Waals surface area contributed by atoms with Crippen LogP contribution in [0.15, 0.2) is 0 Å². The van der Waals surface area contributed by atoms with Crippen LogP contribution in [0.4, 0.5) is 4.79 Å². The van der Waals surface area contributed by atoms with Crippen molar-refractivity contribution in [3.05, 3.63) is 0 Å². The van der Waals surface area contributed by atoms with Crippen LogP contribution in [0.1, 0.15) is 27.7 Å². The lowest BCUT2D eigenvalue weighted by molar-refractivity contribution is -0.160. The number of hydrogen-bond acceptors (Lipinski definition) is 7. The standard InChI is InChI=1S/C20H39NO7Si/c1-8-27-18(23)16-12-21(19(24)28-20(2,3)4)11-15(17(16)22)13-26-14-25-9-10-29(5,6)7/h15-17,22H,8-14H2,1-7H3/t15-,16-,17-/m1/s1. The summed E-state index contributed by atoms with van der Waals surface area (Å²) in [5.41, 5.74) is -0.650. The molecule has 0 radical (unpaired) electrons. The second-order valence-corrected chi connectivity index (χ2v) is 15.3. The molecule has 0 aromatic rings. The van der Waals surface area contributed by atoms with Gasteiger partial charge in [-0.15, -0.1) is 0 Å². The van der Waals surface area contributed by atoms with Gasteiger partial charge in [-0.25, -0.2) is 4.79 Å². The van der Waals surface area contributed by atoms with E-state index in [-0.39, 0.29) is 33.1 Å². The van der Waals surface area contributed by atoms with Gasteiger partial charge in [-0.05, 0) is 33.7 Å². The second-order valence-electron chi connectivity index (χ2n) is 9.70. The molecular formula is C20H39NO7Si. The summed E-state index contributed by atoms with van der Waals surface area (Å²) in [6, 6.07) is 1.04. The van der Waals surface area contributed by atoms with Gasteiger partial charge in [0.2, 0.25) is 0 Å².